The monoisotopic (exact) mass is 180 g/mol. The highest BCUT2D eigenvalue weighted by Crippen LogP contribution is 2.40. The van der Waals surface area contributed by atoms with E-state index in [2.05, 4.69) is 9.84 Å². The van der Waals surface area contributed by atoms with Crippen LogP contribution in [0.1, 0.15) is 34.8 Å². The van der Waals surface area contributed by atoms with Gasteiger partial charge >= 0.3 is 5.97 Å². The molecule has 2 rings (SSSR count). The topological polar surface area (TPSA) is 44.1 Å². The molecule has 1 aromatic rings. The van der Waals surface area contributed by atoms with Crippen LogP contribution in [-0.4, -0.2) is 22.9 Å². The Hall–Kier alpha value is -1.32. The largest absolute Gasteiger partial charge is 0.465 e. The number of hydrogen-bond donors (Lipinski definition) is 0. The van der Waals surface area contributed by atoms with Gasteiger partial charge in [0.15, 0.2) is 0 Å². The first-order valence-electron chi connectivity index (χ1n) is 4.34. The van der Waals surface area contributed by atoms with Gasteiger partial charge in [-0.05, 0) is 12.8 Å². The van der Waals surface area contributed by atoms with E-state index >= 15 is 0 Å². The Morgan fingerprint density at radius 2 is 2.38 bits per heavy atom. The molecule has 4 nitrogen and oxygen atoms in total. The Morgan fingerprint density at radius 1 is 1.69 bits per heavy atom. The van der Waals surface area contributed by atoms with Crippen molar-refractivity contribution >= 4 is 5.97 Å². The maximum Gasteiger partial charge on any atom is 0.341 e. The number of nitrogens with zero attached hydrogens (tertiary/aromatic N) is 2. The van der Waals surface area contributed by atoms with Crippen molar-refractivity contribution in [2.75, 3.05) is 7.11 Å². The second-order valence-electron chi connectivity index (χ2n) is 3.37. The molecule has 0 spiro atoms. The highest BCUT2D eigenvalue weighted by Gasteiger charge is 2.31. The zero-order valence-electron chi connectivity index (χ0n) is 7.78. The Balaban J connectivity index is 2.36. The van der Waals surface area contributed by atoms with Crippen LogP contribution in [0.4, 0.5) is 0 Å². The lowest BCUT2D eigenvalue weighted by atomic mass is 10.2. The van der Waals surface area contributed by atoms with Gasteiger partial charge in [0.2, 0.25) is 0 Å². The molecule has 0 unspecified atom stereocenters. The van der Waals surface area contributed by atoms with Crippen LogP contribution in [0.3, 0.4) is 0 Å². The zero-order valence-corrected chi connectivity index (χ0v) is 7.78. The molecule has 1 saturated carbocycles. The van der Waals surface area contributed by atoms with Gasteiger partial charge in [-0.15, -0.1) is 0 Å². The Morgan fingerprint density at radius 3 is 2.92 bits per heavy atom. The summed E-state index contributed by atoms with van der Waals surface area (Å²) in [6, 6.07) is 0. The minimum Gasteiger partial charge on any atom is -0.465 e. The number of carbonyl (C=O) groups is 1. The van der Waals surface area contributed by atoms with E-state index in [1.807, 2.05) is 7.05 Å². The summed E-state index contributed by atoms with van der Waals surface area (Å²) >= 11 is 0. The zero-order chi connectivity index (χ0) is 9.42. The molecule has 0 amide bonds. The highest BCUT2D eigenvalue weighted by molar-refractivity contribution is 5.90. The molecule has 1 aliphatic rings. The summed E-state index contributed by atoms with van der Waals surface area (Å²) in [7, 11) is 3.21. The Kier molecular flexibility index (Phi) is 1.83. The summed E-state index contributed by atoms with van der Waals surface area (Å²) in [5, 5.41) is 4.26. The van der Waals surface area contributed by atoms with E-state index in [0.29, 0.717) is 11.5 Å². The maximum absolute atomic E-state index is 11.3. The predicted molar refractivity (Wildman–Crippen MR) is 46.5 cm³/mol. The average molecular weight is 180 g/mol. The van der Waals surface area contributed by atoms with E-state index in [1.165, 1.54) is 7.11 Å². The number of hydrogen-bond acceptors (Lipinski definition) is 3. The molecule has 70 valence electrons. The molecule has 0 bridgehead atoms. The lowest BCUT2D eigenvalue weighted by Gasteiger charge is -1.96. The number of carbonyl (C=O) groups excluding carboxylic acids is 1. The quantitative estimate of drug-likeness (QED) is 0.640. The maximum atomic E-state index is 11.3. The van der Waals surface area contributed by atoms with Crippen LogP contribution in [0.15, 0.2) is 6.20 Å². The fourth-order valence-corrected chi connectivity index (χ4v) is 1.43. The summed E-state index contributed by atoms with van der Waals surface area (Å²) in [6.45, 7) is 0. The van der Waals surface area contributed by atoms with Crippen LogP contribution in [0.5, 0.6) is 0 Å². The molecule has 0 N–H and O–H groups in total. The standard InChI is InChI=1S/C9H12N2O2/c1-11-5-7(9(12)13-2)8(10-11)6-3-4-6/h5-6H,3-4H2,1-2H3. The molecule has 1 aromatic heterocycles. The molecule has 1 fully saturated rings. The molecule has 1 aliphatic carbocycles. The normalized spacial score (nSPS) is 15.8. The Labute approximate surface area is 76.5 Å². The molecular weight excluding hydrogens is 168 g/mol. The highest BCUT2D eigenvalue weighted by atomic mass is 16.5. The van der Waals surface area contributed by atoms with E-state index in [-0.39, 0.29) is 5.97 Å². The van der Waals surface area contributed by atoms with E-state index in [9.17, 15) is 4.79 Å². The minimum absolute atomic E-state index is 0.282. The predicted octanol–water partition coefficient (Wildman–Crippen LogP) is 1.08. The van der Waals surface area contributed by atoms with Crippen LogP contribution in [0.2, 0.25) is 0 Å². The molecular formula is C9H12N2O2. The van der Waals surface area contributed by atoms with Gasteiger partial charge in [-0.3, -0.25) is 4.68 Å². The first-order chi connectivity index (χ1) is 6.22. The first kappa shape index (κ1) is 8.29. The molecule has 0 atom stereocenters. The van der Waals surface area contributed by atoms with Gasteiger partial charge in [0.25, 0.3) is 0 Å². The van der Waals surface area contributed by atoms with Gasteiger partial charge in [-0.25, -0.2) is 4.79 Å². The van der Waals surface area contributed by atoms with Gasteiger partial charge in [0, 0.05) is 19.2 Å². The van der Waals surface area contributed by atoms with Gasteiger partial charge in [0.05, 0.1) is 12.8 Å². The molecule has 0 saturated heterocycles. The molecule has 1 heterocycles. The van der Waals surface area contributed by atoms with E-state index in [1.54, 1.807) is 10.9 Å². The third-order valence-corrected chi connectivity index (χ3v) is 2.23. The number of aromatic nitrogens is 2. The summed E-state index contributed by atoms with van der Waals surface area (Å²) in [6.07, 6.45) is 4.00. The summed E-state index contributed by atoms with van der Waals surface area (Å²) < 4.78 is 6.34. The molecule has 13 heavy (non-hydrogen) atoms. The van der Waals surface area contributed by atoms with Gasteiger partial charge in [-0.2, -0.15) is 5.10 Å². The van der Waals surface area contributed by atoms with Gasteiger partial charge in [-0.1, -0.05) is 0 Å². The van der Waals surface area contributed by atoms with Crippen molar-refractivity contribution in [3.05, 3.63) is 17.5 Å². The molecule has 0 aliphatic heterocycles. The number of rotatable bonds is 2. The minimum atomic E-state index is -0.282. The van der Waals surface area contributed by atoms with Crippen molar-refractivity contribution in [3.63, 3.8) is 0 Å². The van der Waals surface area contributed by atoms with E-state index < -0.39 is 0 Å². The first-order valence-corrected chi connectivity index (χ1v) is 4.34. The van der Waals surface area contributed by atoms with Crippen LogP contribution in [-0.2, 0) is 11.8 Å². The van der Waals surface area contributed by atoms with Crippen LogP contribution in [0, 0.1) is 0 Å². The van der Waals surface area contributed by atoms with Gasteiger partial charge < -0.3 is 4.74 Å². The third kappa shape index (κ3) is 1.43. The number of aryl methyl sites for hydroxylation is 1. The van der Waals surface area contributed by atoms with E-state index in [4.69, 9.17) is 0 Å². The SMILES string of the molecule is COC(=O)c1cn(C)nc1C1CC1. The van der Waals surface area contributed by atoms with Crippen molar-refractivity contribution in [2.45, 2.75) is 18.8 Å². The van der Waals surface area contributed by atoms with Crippen LogP contribution < -0.4 is 0 Å². The third-order valence-electron chi connectivity index (χ3n) is 2.23. The van der Waals surface area contributed by atoms with Crippen LogP contribution in [0.25, 0.3) is 0 Å². The lowest BCUT2D eigenvalue weighted by molar-refractivity contribution is 0.0599. The van der Waals surface area contributed by atoms with Crippen molar-refractivity contribution in [1.29, 1.82) is 0 Å². The van der Waals surface area contributed by atoms with Crippen LogP contribution >= 0.6 is 0 Å². The average Bonchev–Trinajstić information content (AvgIpc) is 2.89. The molecule has 0 aromatic carbocycles. The summed E-state index contributed by atoms with van der Waals surface area (Å²) in [5.41, 5.74) is 1.52. The lowest BCUT2D eigenvalue weighted by Crippen LogP contribution is -2.02. The Bertz CT molecular complexity index is 339. The van der Waals surface area contributed by atoms with Crippen molar-refractivity contribution < 1.29 is 9.53 Å². The van der Waals surface area contributed by atoms with Gasteiger partial charge in [0.1, 0.15) is 5.56 Å². The fourth-order valence-electron chi connectivity index (χ4n) is 1.43. The smallest absolute Gasteiger partial charge is 0.341 e. The second-order valence-corrected chi connectivity index (χ2v) is 3.37. The molecule has 4 heteroatoms. The van der Waals surface area contributed by atoms with Crippen molar-refractivity contribution in [2.24, 2.45) is 7.05 Å². The number of methoxy groups -OCH3 is 1. The summed E-state index contributed by atoms with van der Waals surface area (Å²) in [5.74, 6) is 0.199. The number of ether oxygens (including phenoxy) is 1. The summed E-state index contributed by atoms with van der Waals surface area (Å²) in [4.78, 5) is 11.3. The number of esters is 1. The van der Waals surface area contributed by atoms with Crippen molar-refractivity contribution in [1.82, 2.24) is 9.78 Å². The molecule has 0 radical (unpaired) electrons. The second kappa shape index (κ2) is 2.87. The van der Waals surface area contributed by atoms with E-state index in [0.717, 1.165) is 18.5 Å². The van der Waals surface area contributed by atoms with Crippen molar-refractivity contribution in [3.8, 4) is 0 Å². The fraction of sp³-hybridized carbons (Fsp3) is 0.556.